The summed E-state index contributed by atoms with van der Waals surface area (Å²) in [5, 5.41) is 9.14. The Bertz CT molecular complexity index is 4500. The molecule has 0 bridgehead atoms. The van der Waals surface area contributed by atoms with Crippen molar-refractivity contribution in [1.82, 2.24) is 0 Å². The number of fused-ring (bicyclic) bond motifs is 13. The molecule has 2 aromatic heterocycles. The third-order valence-corrected chi connectivity index (χ3v) is 19.2. The molecule has 2 saturated carbocycles. The minimum absolute atomic E-state index is 0.589. The van der Waals surface area contributed by atoms with Gasteiger partial charge in [-0.05, 0) is 153 Å². The predicted molar refractivity (Wildman–Crippen MR) is 345 cm³/mol. The highest BCUT2D eigenvalue weighted by atomic mass is 16.3. The lowest BCUT2D eigenvalue weighted by Gasteiger charge is -2.36. The fourth-order valence-corrected chi connectivity index (χ4v) is 15.5. The molecular weight excluding hydrogens is 1010 g/mol. The van der Waals surface area contributed by atoms with Gasteiger partial charge in [-0.1, -0.05) is 220 Å². The van der Waals surface area contributed by atoms with Crippen LogP contribution in [0.4, 0.5) is 34.1 Å². The van der Waals surface area contributed by atoms with Crippen LogP contribution >= 0.6 is 0 Å². The maximum Gasteiger partial charge on any atom is 0.159 e. The first-order valence-corrected chi connectivity index (χ1v) is 30.0. The molecule has 12 aromatic carbocycles. The standard InChI is InChI=1S/C79H60N2O2/c1-3-25-55(26-4-1)79(56-27-5-2-6-28-56)67-49-71(80(57-45-41-53(42-46-57)51-21-7-8-22-51)69-37-19-35-65-61-31-15-17-39-73(61)82-77(65)69)59-29-11-13-33-63(59)75(67)76-64-34-14-12-30-60(64)72(50-68(76)79)81(58-47-43-54(44-48-58)52-23-9-10-24-52)70-38-20-36-66-62-32-16-18-40-74(62)83-78(66)70/h1-6,11-20,25-52H,7-10,21-24H2. The molecule has 0 saturated heterocycles. The number of nitrogens with zero attached hydrogens (tertiary/aromatic N) is 2. The van der Waals surface area contributed by atoms with Gasteiger partial charge in [0.2, 0.25) is 0 Å². The molecule has 83 heavy (non-hydrogen) atoms. The summed E-state index contributed by atoms with van der Waals surface area (Å²) in [7, 11) is 0. The zero-order valence-corrected chi connectivity index (χ0v) is 46.3. The van der Waals surface area contributed by atoms with Crippen LogP contribution in [0.1, 0.15) is 96.6 Å². The molecule has 2 heterocycles. The first kappa shape index (κ1) is 48.1. The minimum atomic E-state index is -0.808. The summed E-state index contributed by atoms with van der Waals surface area (Å²) in [5.41, 5.74) is 19.3. The minimum Gasteiger partial charge on any atom is -0.454 e. The first-order valence-electron chi connectivity index (χ1n) is 30.0. The van der Waals surface area contributed by atoms with E-state index in [0.29, 0.717) is 11.8 Å². The molecule has 398 valence electrons. The number of hydrogen-bond acceptors (Lipinski definition) is 4. The number of anilines is 6. The van der Waals surface area contributed by atoms with Gasteiger partial charge in [0.1, 0.15) is 11.2 Å². The first-order chi connectivity index (χ1) is 41.2. The Morgan fingerprint density at radius 1 is 0.301 bits per heavy atom. The van der Waals surface area contributed by atoms with Crippen molar-refractivity contribution in [3.05, 3.63) is 288 Å². The number of furan rings is 2. The summed E-state index contributed by atoms with van der Waals surface area (Å²) in [6.07, 6.45) is 10.1. The van der Waals surface area contributed by atoms with Crippen molar-refractivity contribution in [3.63, 3.8) is 0 Å². The second kappa shape index (κ2) is 19.2. The second-order valence-corrected chi connectivity index (χ2v) is 23.5. The van der Waals surface area contributed by atoms with Crippen LogP contribution in [0, 0.1) is 0 Å². The monoisotopic (exact) mass is 1070 g/mol. The molecule has 0 spiro atoms. The van der Waals surface area contributed by atoms with E-state index < -0.39 is 5.41 Å². The molecule has 0 unspecified atom stereocenters. The Balaban J connectivity index is 0.989. The number of para-hydroxylation sites is 4. The van der Waals surface area contributed by atoms with Crippen molar-refractivity contribution >= 4 is 99.5 Å². The van der Waals surface area contributed by atoms with E-state index in [9.17, 15) is 0 Å². The van der Waals surface area contributed by atoms with Crippen LogP contribution in [0.2, 0.25) is 0 Å². The van der Waals surface area contributed by atoms with Crippen molar-refractivity contribution in [3.8, 4) is 11.1 Å². The van der Waals surface area contributed by atoms with Crippen molar-refractivity contribution < 1.29 is 8.83 Å². The van der Waals surface area contributed by atoms with E-state index in [2.05, 4.69) is 265 Å². The van der Waals surface area contributed by atoms with Crippen LogP contribution in [0.5, 0.6) is 0 Å². The normalized spacial score (nSPS) is 15.1. The van der Waals surface area contributed by atoms with Crippen LogP contribution in [0.3, 0.4) is 0 Å². The van der Waals surface area contributed by atoms with Gasteiger partial charge >= 0.3 is 0 Å². The Labute approximate surface area is 483 Å². The second-order valence-electron chi connectivity index (χ2n) is 23.5. The van der Waals surface area contributed by atoms with E-state index >= 15 is 0 Å². The number of benzene rings is 12. The van der Waals surface area contributed by atoms with E-state index in [4.69, 9.17) is 8.83 Å². The molecule has 14 aromatic rings. The molecule has 3 aliphatic rings. The van der Waals surface area contributed by atoms with Crippen molar-refractivity contribution in [1.29, 1.82) is 0 Å². The molecule has 0 amide bonds. The van der Waals surface area contributed by atoms with E-state index in [1.165, 1.54) is 107 Å². The van der Waals surface area contributed by atoms with Crippen LogP contribution in [0.15, 0.2) is 264 Å². The zero-order valence-electron chi connectivity index (χ0n) is 46.3. The van der Waals surface area contributed by atoms with Crippen molar-refractivity contribution in [2.75, 3.05) is 9.80 Å². The largest absolute Gasteiger partial charge is 0.454 e. The summed E-state index contributed by atoms with van der Waals surface area (Å²) in [6.45, 7) is 0. The van der Waals surface area contributed by atoms with E-state index in [1.54, 1.807) is 0 Å². The van der Waals surface area contributed by atoms with Gasteiger partial charge in [-0.25, -0.2) is 0 Å². The lowest BCUT2D eigenvalue weighted by molar-refractivity contribution is 0.668. The Morgan fingerprint density at radius 3 is 1.06 bits per heavy atom. The van der Waals surface area contributed by atoms with Crippen LogP contribution < -0.4 is 9.80 Å². The van der Waals surface area contributed by atoms with E-state index in [-0.39, 0.29) is 0 Å². The molecule has 4 nitrogen and oxygen atoms in total. The van der Waals surface area contributed by atoms with Gasteiger partial charge < -0.3 is 18.6 Å². The van der Waals surface area contributed by atoms with E-state index in [1.807, 2.05) is 0 Å². The highest BCUT2D eigenvalue weighted by molar-refractivity contribution is 6.20. The van der Waals surface area contributed by atoms with Crippen molar-refractivity contribution in [2.24, 2.45) is 0 Å². The predicted octanol–water partition coefficient (Wildman–Crippen LogP) is 22.4. The lowest BCUT2D eigenvalue weighted by atomic mass is 9.67. The fraction of sp³-hybridized carbons (Fsp3) is 0.139. The third kappa shape index (κ3) is 7.38. The summed E-state index contributed by atoms with van der Waals surface area (Å²) in [6, 6.07) is 95.5. The summed E-state index contributed by atoms with van der Waals surface area (Å²) in [4.78, 5) is 5.01. The van der Waals surface area contributed by atoms with Gasteiger partial charge in [-0.2, -0.15) is 0 Å². The Kier molecular flexibility index (Phi) is 11.2. The van der Waals surface area contributed by atoms with Gasteiger partial charge in [0.15, 0.2) is 11.2 Å². The number of hydrogen-bond donors (Lipinski definition) is 0. The van der Waals surface area contributed by atoms with Crippen LogP contribution in [-0.4, -0.2) is 0 Å². The highest BCUT2D eigenvalue weighted by Gasteiger charge is 2.49. The van der Waals surface area contributed by atoms with E-state index in [0.717, 1.165) is 88.8 Å². The third-order valence-electron chi connectivity index (χ3n) is 19.2. The average Bonchev–Trinajstić information content (AvgIpc) is 1.66. The quantitative estimate of drug-likeness (QED) is 0.137. The topological polar surface area (TPSA) is 32.8 Å². The highest BCUT2D eigenvalue weighted by Crippen LogP contribution is 2.63. The van der Waals surface area contributed by atoms with Gasteiger partial charge in [0.05, 0.1) is 28.2 Å². The summed E-state index contributed by atoms with van der Waals surface area (Å²) < 4.78 is 14.1. The SMILES string of the molecule is c1ccc(C2(c3ccccc3)c3cc(N(c4ccc(C5CCCC5)cc4)c4cccc5c4oc4ccccc45)c4ccccc4c3-c3c2cc(N(c2ccc(C4CCCC4)cc2)c2cccc4c2oc2ccccc24)c2ccccc32)cc1. The molecule has 17 rings (SSSR count). The lowest BCUT2D eigenvalue weighted by Crippen LogP contribution is -2.29. The molecule has 3 aliphatic carbocycles. The van der Waals surface area contributed by atoms with Gasteiger partial charge in [-0.3, -0.25) is 0 Å². The fourth-order valence-electron chi connectivity index (χ4n) is 15.5. The smallest absolute Gasteiger partial charge is 0.159 e. The number of rotatable bonds is 10. The van der Waals surface area contributed by atoms with Gasteiger partial charge in [-0.15, -0.1) is 0 Å². The molecule has 0 atom stereocenters. The van der Waals surface area contributed by atoms with Crippen molar-refractivity contribution in [2.45, 2.75) is 68.6 Å². The molecule has 0 N–H and O–H groups in total. The average molecular weight is 1070 g/mol. The molecule has 4 heteroatoms. The van der Waals surface area contributed by atoms with Gasteiger partial charge in [0.25, 0.3) is 0 Å². The molecule has 0 aliphatic heterocycles. The van der Waals surface area contributed by atoms with Crippen LogP contribution in [0.25, 0.3) is 76.5 Å². The van der Waals surface area contributed by atoms with Crippen LogP contribution in [-0.2, 0) is 5.41 Å². The molecule has 0 radical (unpaired) electrons. The maximum atomic E-state index is 7.03. The Hall–Kier alpha value is -9.64. The summed E-state index contributed by atoms with van der Waals surface area (Å²) >= 11 is 0. The molecule has 2 fully saturated rings. The maximum absolute atomic E-state index is 7.03. The Morgan fingerprint density at radius 2 is 0.651 bits per heavy atom. The summed E-state index contributed by atoms with van der Waals surface area (Å²) in [5.74, 6) is 1.18. The molecular formula is C79H60N2O2. The zero-order chi connectivity index (χ0) is 54.6. The van der Waals surface area contributed by atoms with Gasteiger partial charge in [0, 0.05) is 43.7 Å².